The molecular formula is C13H18FNO2. The summed E-state index contributed by atoms with van der Waals surface area (Å²) in [5.41, 5.74) is 0.948. The molecule has 0 aliphatic rings. The molecule has 0 fully saturated rings. The maximum atomic E-state index is 12.9. The lowest BCUT2D eigenvalue weighted by molar-refractivity contribution is -0.141. The Morgan fingerprint density at radius 1 is 1.47 bits per heavy atom. The first-order chi connectivity index (χ1) is 8.09. The maximum Gasteiger partial charge on any atom is 0.306 e. The van der Waals surface area contributed by atoms with Crippen LogP contribution in [0, 0.1) is 11.7 Å². The zero-order valence-corrected chi connectivity index (χ0v) is 9.95. The van der Waals surface area contributed by atoms with Gasteiger partial charge in [-0.05, 0) is 43.6 Å². The summed E-state index contributed by atoms with van der Waals surface area (Å²) in [6, 6.07) is 6.51. The summed E-state index contributed by atoms with van der Waals surface area (Å²) in [6.45, 7) is 3.09. The Hall–Kier alpha value is -1.42. The van der Waals surface area contributed by atoms with E-state index in [0.717, 1.165) is 18.5 Å². The molecule has 94 valence electrons. The third kappa shape index (κ3) is 5.45. The van der Waals surface area contributed by atoms with Crippen LogP contribution in [0.4, 0.5) is 4.39 Å². The largest absolute Gasteiger partial charge is 0.481 e. The lowest BCUT2D eigenvalue weighted by Crippen LogP contribution is -2.22. The number of rotatable bonds is 7. The first-order valence-corrected chi connectivity index (χ1v) is 5.77. The molecule has 0 aliphatic carbocycles. The van der Waals surface area contributed by atoms with E-state index in [0.29, 0.717) is 13.0 Å². The second-order valence-corrected chi connectivity index (χ2v) is 4.16. The van der Waals surface area contributed by atoms with Gasteiger partial charge < -0.3 is 10.4 Å². The summed E-state index contributed by atoms with van der Waals surface area (Å²) in [4.78, 5) is 10.6. The summed E-state index contributed by atoms with van der Waals surface area (Å²) < 4.78 is 12.9. The van der Waals surface area contributed by atoms with Crippen LogP contribution in [0.3, 0.4) is 0 Å². The number of halogens is 1. The molecule has 0 spiro atoms. The number of carboxylic acids is 1. The van der Waals surface area contributed by atoms with Crippen LogP contribution in [0.2, 0.25) is 0 Å². The van der Waals surface area contributed by atoms with E-state index in [-0.39, 0.29) is 11.7 Å². The van der Waals surface area contributed by atoms with E-state index in [1.54, 1.807) is 13.0 Å². The molecule has 4 heteroatoms. The topological polar surface area (TPSA) is 49.3 Å². The predicted molar refractivity (Wildman–Crippen MR) is 64.4 cm³/mol. The fraction of sp³-hybridized carbons (Fsp3) is 0.462. The highest BCUT2D eigenvalue weighted by Gasteiger charge is 2.09. The van der Waals surface area contributed by atoms with Gasteiger partial charge >= 0.3 is 5.97 Å². The van der Waals surface area contributed by atoms with Crippen molar-refractivity contribution in [1.82, 2.24) is 5.32 Å². The molecule has 0 saturated carbocycles. The van der Waals surface area contributed by atoms with Crippen LogP contribution in [0.1, 0.15) is 18.9 Å². The fourth-order valence-corrected chi connectivity index (χ4v) is 1.49. The van der Waals surface area contributed by atoms with Gasteiger partial charge in [0, 0.05) is 0 Å². The van der Waals surface area contributed by atoms with Gasteiger partial charge in [-0.2, -0.15) is 0 Å². The molecule has 1 aromatic carbocycles. The molecule has 1 atom stereocenters. The molecule has 0 bridgehead atoms. The Balaban J connectivity index is 2.14. The van der Waals surface area contributed by atoms with Gasteiger partial charge in [-0.15, -0.1) is 0 Å². The van der Waals surface area contributed by atoms with E-state index < -0.39 is 5.97 Å². The molecule has 17 heavy (non-hydrogen) atoms. The van der Waals surface area contributed by atoms with Gasteiger partial charge in [-0.3, -0.25) is 4.79 Å². The summed E-state index contributed by atoms with van der Waals surface area (Å²) in [6.07, 6.45) is 1.36. The Morgan fingerprint density at radius 3 is 2.88 bits per heavy atom. The number of hydrogen-bond acceptors (Lipinski definition) is 2. The van der Waals surface area contributed by atoms with Gasteiger partial charge in [0.1, 0.15) is 5.82 Å². The molecule has 0 aromatic heterocycles. The number of carboxylic acid groups (broad SMARTS) is 1. The van der Waals surface area contributed by atoms with Crippen LogP contribution in [-0.4, -0.2) is 24.2 Å². The van der Waals surface area contributed by atoms with E-state index in [2.05, 4.69) is 5.32 Å². The van der Waals surface area contributed by atoms with Crippen molar-refractivity contribution in [2.45, 2.75) is 19.8 Å². The van der Waals surface area contributed by atoms with E-state index >= 15 is 0 Å². The molecule has 0 aliphatic heterocycles. The van der Waals surface area contributed by atoms with Crippen molar-refractivity contribution < 1.29 is 14.3 Å². The Morgan fingerprint density at radius 2 is 2.24 bits per heavy atom. The first-order valence-electron chi connectivity index (χ1n) is 5.77. The van der Waals surface area contributed by atoms with Crippen molar-refractivity contribution in [3.8, 4) is 0 Å². The van der Waals surface area contributed by atoms with E-state index in [1.807, 2.05) is 6.07 Å². The number of aliphatic carboxylic acids is 1. The van der Waals surface area contributed by atoms with Gasteiger partial charge in [0.25, 0.3) is 0 Å². The standard InChI is InChI=1S/C13H18FNO2/c1-10(13(16)17)5-7-15-8-6-11-3-2-4-12(14)9-11/h2-4,9-10,15H,5-8H2,1H3,(H,16,17). The van der Waals surface area contributed by atoms with Crippen molar-refractivity contribution in [3.05, 3.63) is 35.6 Å². The average Bonchev–Trinajstić information content (AvgIpc) is 2.28. The van der Waals surface area contributed by atoms with Crippen molar-refractivity contribution in [2.24, 2.45) is 5.92 Å². The summed E-state index contributed by atoms with van der Waals surface area (Å²) in [7, 11) is 0. The Labute approximate surface area is 101 Å². The smallest absolute Gasteiger partial charge is 0.306 e. The van der Waals surface area contributed by atoms with Crippen LogP contribution in [0.25, 0.3) is 0 Å². The quantitative estimate of drug-likeness (QED) is 0.716. The van der Waals surface area contributed by atoms with Gasteiger partial charge in [-0.25, -0.2) is 4.39 Å². The van der Waals surface area contributed by atoms with Crippen LogP contribution >= 0.6 is 0 Å². The summed E-state index contributed by atoms with van der Waals surface area (Å²) in [5.74, 6) is -1.31. The number of nitrogens with one attached hydrogen (secondary N) is 1. The van der Waals surface area contributed by atoms with Crippen molar-refractivity contribution in [2.75, 3.05) is 13.1 Å². The summed E-state index contributed by atoms with van der Waals surface area (Å²) >= 11 is 0. The first kappa shape index (κ1) is 13.6. The molecule has 1 aromatic rings. The minimum atomic E-state index is -0.767. The molecular weight excluding hydrogens is 221 g/mol. The molecule has 1 unspecified atom stereocenters. The van der Waals surface area contributed by atoms with Gasteiger partial charge in [0.05, 0.1) is 5.92 Å². The summed E-state index contributed by atoms with van der Waals surface area (Å²) in [5, 5.41) is 11.8. The zero-order valence-electron chi connectivity index (χ0n) is 9.95. The SMILES string of the molecule is CC(CCNCCc1cccc(F)c1)C(=O)O. The lowest BCUT2D eigenvalue weighted by atomic mass is 10.1. The van der Waals surface area contributed by atoms with Gasteiger partial charge in [-0.1, -0.05) is 19.1 Å². The zero-order chi connectivity index (χ0) is 12.7. The maximum absolute atomic E-state index is 12.9. The molecule has 0 radical (unpaired) electrons. The third-order valence-corrected chi connectivity index (χ3v) is 2.66. The molecule has 0 amide bonds. The highest BCUT2D eigenvalue weighted by molar-refractivity contribution is 5.69. The van der Waals surface area contributed by atoms with Crippen molar-refractivity contribution in [3.63, 3.8) is 0 Å². The second-order valence-electron chi connectivity index (χ2n) is 4.16. The minimum absolute atomic E-state index is 0.220. The molecule has 2 N–H and O–H groups in total. The highest BCUT2D eigenvalue weighted by atomic mass is 19.1. The van der Waals surface area contributed by atoms with Crippen molar-refractivity contribution in [1.29, 1.82) is 0 Å². The molecule has 3 nitrogen and oxygen atoms in total. The average molecular weight is 239 g/mol. The number of benzene rings is 1. The highest BCUT2D eigenvalue weighted by Crippen LogP contribution is 2.04. The van der Waals surface area contributed by atoms with Crippen LogP contribution in [-0.2, 0) is 11.2 Å². The molecule has 0 heterocycles. The lowest BCUT2D eigenvalue weighted by Gasteiger charge is -2.07. The monoisotopic (exact) mass is 239 g/mol. The third-order valence-electron chi connectivity index (χ3n) is 2.66. The molecule has 0 saturated heterocycles. The van der Waals surface area contributed by atoms with E-state index in [4.69, 9.17) is 5.11 Å². The van der Waals surface area contributed by atoms with Gasteiger partial charge in [0.2, 0.25) is 0 Å². The fourth-order valence-electron chi connectivity index (χ4n) is 1.49. The minimum Gasteiger partial charge on any atom is -0.481 e. The second kappa shape index (κ2) is 7.01. The van der Waals surface area contributed by atoms with Crippen LogP contribution in [0.5, 0.6) is 0 Å². The normalized spacial score (nSPS) is 12.4. The predicted octanol–water partition coefficient (Wildman–Crippen LogP) is 2.07. The number of carbonyl (C=O) groups is 1. The number of hydrogen-bond donors (Lipinski definition) is 2. The van der Waals surface area contributed by atoms with Crippen molar-refractivity contribution >= 4 is 5.97 Å². The van der Waals surface area contributed by atoms with E-state index in [9.17, 15) is 9.18 Å². The van der Waals surface area contributed by atoms with Crippen LogP contribution in [0.15, 0.2) is 24.3 Å². The van der Waals surface area contributed by atoms with E-state index in [1.165, 1.54) is 12.1 Å². The van der Waals surface area contributed by atoms with Gasteiger partial charge in [0.15, 0.2) is 0 Å². The molecule has 1 rings (SSSR count). The van der Waals surface area contributed by atoms with Crippen LogP contribution < -0.4 is 5.32 Å². The Kier molecular flexibility index (Phi) is 5.63. The Bertz CT molecular complexity index is 368.